The second-order valence-electron chi connectivity index (χ2n) is 5.46. The zero-order valence-corrected chi connectivity index (χ0v) is 14.2. The normalized spacial score (nSPS) is 11.3. The van der Waals surface area contributed by atoms with E-state index in [0.29, 0.717) is 5.56 Å². The Bertz CT molecular complexity index is 804. The van der Waals surface area contributed by atoms with Crippen molar-refractivity contribution in [3.63, 3.8) is 0 Å². The first-order valence-electron chi connectivity index (χ1n) is 7.07. The Morgan fingerprint density at radius 2 is 1.52 bits per heavy atom. The van der Waals surface area contributed by atoms with Crippen LogP contribution < -0.4 is 4.90 Å². The molecular weight excluding hydrogens is 310 g/mol. The molecule has 2 rings (SSSR count). The molecule has 0 aliphatic heterocycles. The summed E-state index contributed by atoms with van der Waals surface area (Å²) in [6.07, 6.45) is 0. The van der Waals surface area contributed by atoms with Crippen molar-refractivity contribution in [2.75, 3.05) is 26.0 Å². The molecule has 2 aromatic rings. The van der Waals surface area contributed by atoms with Gasteiger partial charge in [0.05, 0.1) is 16.5 Å². The van der Waals surface area contributed by atoms with E-state index in [1.807, 2.05) is 49.3 Å². The van der Waals surface area contributed by atoms with Gasteiger partial charge in [0.1, 0.15) is 0 Å². The van der Waals surface area contributed by atoms with Crippen LogP contribution in [0.3, 0.4) is 0 Å². The first-order chi connectivity index (χ1) is 10.8. The Balaban J connectivity index is 2.17. The smallest absolute Gasteiger partial charge is 0.243 e. The quantitative estimate of drug-likeness (QED) is 0.845. The zero-order valence-electron chi connectivity index (χ0n) is 13.4. The van der Waals surface area contributed by atoms with Gasteiger partial charge < -0.3 is 4.90 Å². The summed E-state index contributed by atoms with van der Waals surface area (Å²) in [6.45, 7) is 0.288. The Morgan fingerprint density at radius 3 is 2.00 bits per heavy atom. The summed E-state index contributed by atoms with van der Waals surface area (Å²) < 4.78 is 26.4. The van der Waals surface area contributed by atoms with Crippen LogP contribution in [0.4, 0.5) is 5.69 Å². The molecule has 0 amide bonds. The number of rotatable bonds is 5. The summed E-state index contributed by atoms with van der Waals surface area (Å²) >= 11 is 0. The highest BCUT2D eigenvalue weighted by Gasteiger charge is 2.20. The number of anilines is 1. The van der Waals surface area contributed by atoms with Gasteiger partial charge >= 0.3 is 0 Å². The van der Waals surface area contributed by atoms with Crippen molar-refractivity contribution in [2.24, 2.45) is 0 Å². The summed E-state index contributed by atoms with van der Waals surface area (Å²) in [4.78, 5) is 2.17. The summed E-state index contributed by atoms with van der Waals surface area (Å²) in [5.74, 6) is 0. The van der Waals surface area contributed by atoms with Crippen LogP contribution in [0.1, 0.15) is 11.1 Å². The van der Waals surface area contributed by atoms with E-state index in [9.17, 15) is 8.42 Å². The molecule has 0 aliphatic rings. The molecule has 0 bridgehead atoms. The lowest BCUT2D eigenvalue weighted by Gasteiger charge is -2.18. The molecule has 0 heterocycles. The molecule has 0 atom stereocenters. The van der Waals surface area contributed by atoms with Gasteiger partial charge in [-0.2, -0.15) is 9.57 Å². The minimum absolute atomic E-state index is 0.184. The van der Waals surface area contributed by atoms with E-state index in [-0.39, 0.29) is 11.4 Å². The molecule has 120 valence electrons. The molecule has 0 N–H and O–H groups in total. The molecule has 0 saturated heterocycles. The lowest BCUT2D eigenvalue weighted by molar-refractivity contribution is 0.467. The van der Waals surface area contributed by atoms with E-state index in [4.69, 9.17) is 5.26 Å². The maximum atomic E-state index is 12.5. The van der Waals surface area contributed by atoms with Gasteiger partial charge in [-0.15, -0.1) is 0 Å². The lowest BCUT2D eigenvalue weighted by atomic mass is 10.2. The predicted octanol–water partition coefficient (Wildman–Crippen LogP) is 2.44. The number of nitriles is 1. The van der Waals surface area contributed by atoms with Gasteiger partial charge in [0.15, 0.2) is 0 Å². The first kappa shape index (κ1) is 17.0. The molecule has 6 heteroatoms. The minimum atomic E-state index is -3.58. The SMILES string of the molecule is CN(C)c1ccc(CN(C)S(=O)(=O)c2ccc(C#N)cc2)cc1. The zero-order chi connectivity index (χ0) is 17.0. The Morgan fingerprint density at radius 1 is 0.957 bits per heavy atom. The maximum Gasteiger partial charge on any atom is 0.243 e. The molecule has 2 aromatic carbocycles. The van der Waals surface area contributed by atoms with Crippen LogP contribution in [0.2, 0.25) is 0 Å². The van der Waals surface area contributed by atoms with Crippen LogP contribution in [-0.2, 0) is 16.6 Å². The fraction of sp³-hybridized carbons (Fsp3) is 0.235. The number of benzene rings is 2. The van der Waals surface area contributed by atoms with Crippen molar-refractivity contribution >= 4 is 15.7 Å². The third-order valence-electron chi connectivity index (χ3n) is 3.55. The van der Waals surface area contributed by atoms with Crippen molar-refractivity contribution in [2.45, 2.75) is 11.4 Å². The third-order valence-corrected chi connectivity index (χ3v) is 5.37. The second kappa shape index (κ2) is 6.82. The molecule has 0 aliphatic carbocycles. The van der Waals surface area contributed by atoms with E-state index in [1.54, 1.807) is 7.05 Å². The van der Waals surface area contributed by atoms with Crippen LogP contribution in [0, 0.1) is 11.3 Å². The van der Waals surface area contributed by atoms with Crippen LogP contribution >= 0.6 is 0 Å². The van der Waals surface area contributed by atoms with E-state index in [1.165, 1.54) is 28.6 Å². The van der Waals surface area contributed by atoms with E-state index >= 15 is 0 Å². The Hall–Kier alpha value is -2.36. The standard InChI is InChI=1S/C17H19N3O2S/c1-19(2)16-8-4-15(5-9-16)13-20(3)23(21,22)17-10-6-14(12-18)7-11-17/h4-11H,13H2,1-3H3. The molecule has 0 saturated carbocycles. The largest absolute Gasteiger partial charge is 0.378 e. The van der Waals surface area contributed by atoms with Crippen molar-refractivity contribution in [1.29, 1.82) is 5.26 Å². The summed E-state index contributed by atoms with van der Waals surface area (Å²) in [5, 5.41) is 8.78. The average molecular weight is 329 g/mol. The molecule has 0 fully saturated rings. The van der Waals surface area contributed by atoms with Crippen molar-refractivity contribution < 1.29 is 8.42 Å². The molecule has 0 radical (unpaired) electrons. The van der Waals surface area contributed by atoms with Crippen molar-refractivity contribution in [3.8, 4) is 6.07 Å². The van der Waals surface area contributed by atoms with Crippen LogP contribution in [-0.4, -0.2) is 33.9 Å². The van der Waals surface area contributed by atoms with Gasteiger partial charge in [-0.05, 0) is 42.0 Å². The van der Waals surface area contributed by atoms with Crippen LogP contribution in [0.25, 0.3) is 0 Å². The van der Waals surface area contributed by atoms with Gasteiger partial charge in [-0.1, -0.05) is 12.1 Å². The van der Waals surface area contributed by atoms with E-state index < -0.39 is 10.0 Å². The monoisotopic (exact) mass is 329 g/mol. The van der Waals surface area contributed by atoms with Gasteiger partial charge in [0.2, 0.25) is 10.0 Å². The summed E-state index contributed by atoms with van der Waals surface area (Å²) in [7, 11) is 1.88. The van der Waals surface area contributed by atoms with Gasteiger partial charge in [-0.25, -0.2) is 8.42 Å². The Kier molecular flexibility index (Phi) is 5.04. The highest BCUT2D eigenvalue weighted by Crippen LogP contribution is 2.19. The van der Waals surface area contributed by atoms with Gasteiger partial charge in [0, 0.05) is 33.4 Å². The molecule has 5 nitrogen and oxygen atoms in total. The second-order valence-corrected chi connectivity index (χ2v) is 7.50. The van der Waals surface area contributed by atoms with Crippen LogP contribution in [0.15, 0.2) is 53.4 Å². The average Bonchev–Trinajstić information content (AvgIpc) is 2.55. The lowest BCUT2D eigenvalue weighted by Crippen LogP contribution is -2.26. The minimum Gasteiger partial charge on any atom is -0.378 e. The fourth-order valence-corrected chi connectivity index (χ4v) is 3.28. The molecule has 0 unspecified atom stereocenters. The van der Waals surface area contributed by atoms with Crippen molar-refractivity contribution in [3.05, 3.63) is 59.7 Å². The third kappa shape index (κ3) is 3.89. The number of hydrogen-bond donors (Lipinski definition) is 0. The van der Waals surface area contributed by atoms with Gasteiger partial charge in [0.25, 0.3) is 0 Å². The summed E-state index contributed by atoms with van der Waals surface area (Å²) in [5.41, 5.74) is 2.41. The molecular formula is C17H19N3O2S. The number of nitrogens with zero attached hydrogens (tertiary/aromatic N) is 3. The highest BCUT2D eigenvalue weighted by molar-refractivity contribution is 7.89. The van der Waals surface area contributed by atoms with Crippen molar-refractivity contribution in [1.82, 2.24) is 4.31 Å². The maximum absolute atomic E-state index is 12.5. The van der Waals surface area contributed by atoms with E-state index in [2.05, 4.69) is 0 Å². The van der Waals surface area contributed by atoms with E-state index in [0.717, 1.165) is 11.3 Å². The van der Waals surface area contributed by atoms with Crippen LogP contribution in [0.5, 0.6) is 0 Å². The molecule has 0 aromatic heterocycles. The Labute approximate surface area is 137 Å². The topological polar surface area (TPSA) is 64.4 Å². The van der Waals surface area contributed by atoms with Gasteiger partial charge in [-0.3, -0.25) is 0 Å². The molecule has 23 heavy (non-hydrogen) atoms. The predicted molar refractivity (Wildman–Crippen MR) is 90.6 cm³/mol. The number of sulfonamides is 1. The first-order valence-corrected chi connectivity index (χ1v) is 8.51. The highest BCUT2D eigenvalue weighted by atomic mass is 32.2. The summed E-state index contributed by atoms with van der Waals surface area (Å²) in [6, 6.07) is 15.7. The number of hydrogen-bond acceptors (Lipinski definition) is 4. The fourth-order valence-electron chi connectivity index (χ4n) is 2.12. The molecule has 0 spiro atoms.